The summed E-state index contributed by atoms with van der Waals surface area (Å²) in [5.41, 5.74) is 2.12. The van der Waals surface area contributed by atoms with Crippen molar-refractivity contribution >= 4 is 0 Å². The van der Waals surface area contributed by atoms with E-state index in [0.717, 1.165) is 22.6 Å². The van der Waals surface area contributed by atoms with Crippen LogP contribution in [0.2, 0.25) is 0 Å². The van der Waals surface area contributed by atoms with Crippen molar-refractivity contribution in [2.24, 2.45) is 0 Å². The number of rotatable bonds is 2. The standard InChI is InChI=1S/C14H14O3/c1-10-2-7-13(17-10)11-3-5-12(6-4-11)14-15-8-9-16-14/h2-7,14H,8-9H2,1H3. The number of hydrogen-bond acceptors (Lipinski definition) is 3. The highest BCUT2D eigenvalue weighted by molar-refractivity contribution is 5.57. The van der Waals surface area contributed by atoms with Crippen LogP contribution in [0.1, 0.15) is 17.6 Å². The lowest BCUT2D eigenvalue weighted by Gasteiger charge is -2.09. The van der Waals surface area contributed by atoms with E-state index in [9.17, 15) is 0 Å². The summed E-state index contributed by atoms with van der Waals surface area (Å²) >= 11 is 0. The molecule has 1 saturated heterocycles. The quantitative estimate of drug-likeness (QED) is 0.793. The molecule has 1 aromatic carbocycles. The van der Waals surface area contributed by atoms with Gasteiger partial charge in [0.05, 0.1) is 13.2 Å². The van der Waals surface area contributed by atoms with Crippen molar-refractivity contribution < 1.29 is 13.9 Å². The van der Waals surface area contributed by atoms with E-state index in [1.807, 2.05) is 43.3 Å². The summed E-state index contributed by atoms with van der Waals surface area (Å²) in [4.78, 5) is 0. The van der Waals surface area contributed by atoms with E-state index >= 15 is 0 Å². The Hall–Kier alpha value is -1.58. The highest BCUT2D eigenvalue weighted by Gasteiger charge is 2.17. The predicted octanol–water partition coefficient (Wildman–Crippen LogP) is 3.30. The Labute approximate surface area is 100.0 Å². The third-order valence-corrected chi connectivity index (χ3v) is 2.83. The first-order valence-corrected chi connectivity index (χ1v) is 5.73. The van der Waals surface area contributed by atoms with Crippen LogP contribution in [-0.2, 0) is 9.47 Å². The summed E-state index contributed by atoms with van der Waals surface area (Å²) < 4.78 is 16.5. The van der Waals surface area contributed by atoms with Crippen molar-refractivity contribution in [1.29, 1.82) is 0 Å². The number of aryl methyl sites for hydroxylation is 1. The normalized spacial score (nSPS) is 16.5. The number of benzene rings is 1. The van der Waals surface area contributed by atoms with Gasteiger partial charge in [-0.1, -0.05) is 24.3 Å². The molecule has 0 N–H and O–H groups in total. The van der Waals surface area contributed by atoms with Gasteiger partial charge >= 0.3 is 0 Å². The molecule has 3 rings (SSSR count). The molecule has 1 aromatic heterocycles. The lowest BCUT2D eigenvalue weighted by molar-refractivity contribution is -0.0441. The van der Waals surface area contributed by atoms with Crippen molar-refractivity contribution in [3.05, 3.63) is 47.7 Å². The van der Waals surface area contributed by atoms with E-state index in [-0.39, 0.29) is 6.29 Å². The smallest absolute Gasteiger partial charge is 0.184 e. The molecule has 0 radical (unpaired) electrons. The second-order valence-corrected chi connectivity index (χ2v) is 4.11. The Balaban J connectivity index is 1.84. The second kappa shape index (κ2) is 4.35. The van der Waals surface area contributed by atoms with E-state index in [2.05, 4.69) is 0 Å². The van der Waals surface area contributed by atoms with Gasteiger partial charge in [0.2, 0.25) is 0 Å². The molecule has 0 atom stereocenters. The summed E-state index contributed by atoms with van der Waals surface area (Å²) in [6.07, 6.45) is -0.206. The van der Waals surface area contributed by atoms with E-state index in [4.69, 9.17) is 13.9 Å². The maximum atomic E-state index is 5.57. The fourth-order valence-corrected chi connectivity index (χ4v) is 1.95. The van der Waals surface area contributed by atoms with Crippen molar-refractivity contribution in [3.63, 3.8) is 0 Å². The van der Waals surface area contributed by atoms with Crippen LogP contribution in [0.4, 0.5) is 0 Å². The van der Waals surface area contributed by atoms with Crippen LogP contribution in [0.15, 0.2) is 40.8 Å². The summed E-state index contributed by atoms with van der Waals surface area (Å²) in [5.74, 6) is 1.81. The zero-order valence-corrected chi connectivity index (χ0v) is 9.68. The Kier molecular flexibility index (Phi) is 2.71. The zero-order valence-electron chi connectivity index (χ0n) is 9.68. The van der Waals surface area contributed by atoms with Gasteiger partial charge in [0, 0.05) is 11.1 Å². The Morgan fingerprint density at radius 1 is 0.941 bits per heavy atom. The fourth-order valence-electron chi connectivity index (χ4n) is 1.95. The minimum atomic E-state index is -0.206. The van der Waals surface area contributed by atoms with Gasteiger partial charge in [0.25, 0.3) is 0 Å². The molecule has 0 bridgehead atoms. The lowest BCUT2D eigenvalue weighted by Crippen LogP contribution is -1.97. The number of furan rings is 1. The summed E-state index contributed by atoms with van der Waals surface area (Å²) in [5, 5.41) is 0. The van der Waals surface area contributed by atoms with Crippen LogP contribution in [0.25, 0.3) is 11.3 Å². The van der Waals surface area contributed by atoms with Crippen LogP contribution < -0.4 is 0 Å². The summed E-state index contributed by atoms with van der Waals surface area (Å²) in [7, 11) is 0. The molecule has 0 saturated carbocycles. The average Bonchev–Trinajstić information content (AvgIpc) is 3.00. The Morgan fingerprint density at radius 3 is 2.24 bits per heavy atom. The molecule has 2 heterocycles. The fraction of sp³-hybridized carbons (Fsp3) is 0.286. The van der Waals surface area contributed by atoms with Gasteiger partial charge in [-0.3, -0.25) is 0 Å². The van der Waals surface area contributed by atoms with Gasteiger partial charge in [-0.05, 0) is 19.1 Å². The first-order chi connectivity index (χ1) is 8.33. The Bertz CT molecular complexity index is 492. The molecule has 1 fully saturated rings. The summed E-state index contributed by atoms with van der Waals surface area (Å²) in [6, 6.07) is 12.0. The van der Waals surface area contributed by atoms with E-state index in [1.165, 1.54) is 0 Å². The molecule has 3 nitrogen and oxygen atoms in total. The van der Waals surface area contributed by atoms with Crippen molar-refractivity contribution in [2.75, 3.05) is 13.2 Å². The molecule has 2 aromatic rings. The summed E-state index contributed by atoms with van der Waals surface area (Å²) in [6.45, 7) is 3.28. The van der Waals surface area contributed by atoms with Gasteiger partial charge in [-0.15, -0.1) is 0 Å². The topological polar surface area (TPSA) is 31.6 Å². The van der Waals surface area contributed by atoms with Crippen molar-refractivity contribution in [3.8, 4) is 11.3 Å². The van der Waals surface area contributed by atoms with Crippen LogP contribution in [0.3, 0.4) is 0 Å². The molecule has 0 amide bonds. The number of ether oxygens (including phenoxy) is 2. The highest BCUT2D eigenvalue weighted by atomic mass is 16.7. The van der Waals surface area contributed by atoms with Crippen molar-refractivity contribution in [2.45, 2.75) is 13.2 Å². The van der Waals surface area contributed by atoms with Crippen LogP contribution >= 0.6 is 0 Å². The van der Waals surface area contributed by atoms with Crippen LogP contribution in [0.5, 0.6) is 0 Å². The first-order valence-electron chi connectivity index (χ1n) is 5.73. The maximum Gasteiger partial charge on any atom is 0.184 e. The molecule has 0 aliphatic carbocycles. The second-order valence-electron chi connectivity index (χ2n) is 4.11. The molecule has 17 heavy (non-hydrogen) atoms. The highest BCUT2D eigenvalue weighted by Crippen LogP contribution is 2.27. The molecule has 88 valence electrons. The lowest BCUT2D eigenvalue weighted by atomic mass is 10.1. The minimum absolute atomic E-state index is 0.206. The monoisotopic (exact) mass is 230 g/mol. The largest absolute Gasteiger partial charge is 0.461 e. The van der Waals surface area contributed by atoms with Crippen LogP contribution in [-0.4, -0.2) is 13.2 Å². The zero-order chi connectivity index (χ0) is 11.7. The van der Waals surface area contributed by atoms with Gasteiger partial charge in [0.1, 0.15) is 11.5 Å². The number of hydrogen-bond donors (Lipinski definition) is 0. The van der Waals surface area contributed by atoms with E-state index in [1.54, 1.807) is 0 Å². The minimum Gasteiger partial charge on any atom is -0.461 e. The first kappa shape index (κ1) is 10.6. The van der Waals surface area contributed by atoms with E-state index < -0.39 is 0 Å². The predicted molar refractivity (Wildman–Crippen MR) is 63.5 cm³/mol. The maximum absolute atomic E-state index is 5.57. The molecule has 1 aliphatic heterocycles. The SMILES string of the molecule is Cc1ccc(-c2ccc(C3OCCO3)cc2)o1. The molecule has 3 heteroatoms. The van der Waals surface area contributed by atoms with Gasteiger partial charge in [-0.25, -0.2) is 0 Å². The average molecular weight is 230 g/mol. The third-order valence-electron chi connectivity index (χ3n) is 2.83. The van der Waals surface area contributed by atoms with Gasteiger partial charge in [-0.2, -0.15) is 0 Å². The van der Waals surface area contributed by atoms with E-state index in [0.29, 0.717) is 13.2 Å². The Morgan fingerprint density at radius 2 is 1.65 bits per heavy atom. The van der Waals surface area contributed by atoms with Crippen LogP contribution in [0, 0.1) is 6.92 Å². The molecular formula is C14H14O3. The van der Waals surface area contributed by atoms with Gasteiger partial charge < -0.3 is 13.9 Å². The third kappa shape index (κ3) is 2.12. The van der Waals surface area contributed by atoms with Gasteiger partial charge in [0.15, 0.2) is 6.29 Å². The molecule has 0 unspecified atom stereocenters. The molecule has 0 spiro atoms. The van der Waals surface area contributed by atoms with Crippen molar-refractivity contribution in [1.82, 2.24) is 0 Å². The molecule has 1 aliphatic rings. The molecular weight excluding hydrogens is 216 g/mol.